The maximum absolute atomic E-state index is 12.5. The number of ether oxygens (including phenoxy) is 1. The summed E-state index contributed by atoms with van der Waals surface area (Å²) in [6.07, 6.45) is 3.69. The smallest absolute Gasteiger partial charge is 0.417 e. The van der Waals surface area contributed by atoms with Gasteiger partial charge < -0.3 is 4.74 Å². The quantitative estimate of drug-likeness (QED) is 0.676. The van der Waals surface area contributed by atoms with Crippen molar-refractivity contribution < 1.29 is 14.3 Å². The number of hydrogen-bond acceptors (Lipinski definition) is 3. The standard InChI is InChI=1S/C15H25NO3/c1-14(2,3)19-13(18)16-12(17)10-8-6-7-9-11(10)15(16,4)5/h10-11H,6-9H2,1-5H3/t10-,11-/m1/s1. The van der Waals surface area contributed by atoms with Crippen LogP contribution in [0, 0.1) is 11.8 Å². The van der Waals surface area contributed by atoms with E-state index in [-0.39, 0.29) is 17.7 Å². The fourth-order valence-corrected chi connectivity index (χ4v) is 3.52. The van der Waals surface area contributed by atoms with Gasteiger partial charge >= 0.3 is 6.09 Å². The van der Waals surface area contributed by atoms with E-state index in [0.29, 0.717) is 0 Å². The zero-order valence-electron chi connectivity index (χ0n) is 12.7. The van der Waals surface area contributed by atoms with Crippen LogP contribution in [-0.2, 0) is 9.53 Å². The Labute approximate surface area is 115 Å². The molecule has 0 spiro atoms. The SMILES string of the molecule is CC(C)(C)OC(=O)N1C(=O)[C@@H]2CCCC[C@H]2C1(C)C. The van der Waals surface area contributed by atoms with Crippen LogP contribution in [0.1, 0.15) is 60.3 Å². The minimum atomic E-state index is -0.568. The fourth-order valence-electron chi connectivity index (χ4n) is 3.52. The van der Waals surface area contributed by atoms with Gasteiger partial charge in [-0.25, -0.2) is 9.69 Å². The molecule has 1 saturated heterocycles. The Balaban J connectivity index is 2.24. The van der Waals surface area contributed by atoms with Crippen molar-refractivity contribution in [3.05, 3.63) is 0 Å². The number of rotatable bonds is 0. The molecular weight excluding hydrogens is 242 g/mol. The highest BCUT2D eigenvalue weighted by Crippen LogP contribution is 2.47. The van der Waals surface area contributed by atoms with Gasteiger partial charge in [-0.15, -0.1) is 0 Å². The summed E-state index contributed by atoms with van der Waals surface area (Å²) < 4.78 is 5.40. The average Bonchev–Trinajstić information content (AvgIpc) is 2.45. The summed E-state index contributed by atoms with van der Waals surface area (Å²) in [7, 11) is 0. The normalized spacial score (nSPS) is 30.2. The molecule has 1 aliphatic heterocycles. The third-order valence-corrected chi connectivity index (χ3v) is 4.36. The maximum atomic E-state index is 12.5. The third kappa shape index (κ3) is 2.49. The molecule has 0 aromatic rings. The molecule has 2 fully saturated rings. The van der Waals surface area contributed by atoms with Gasteiger partial charge in [0.2, 0.25) is 5.91 Å². The van der Waals surface area contributed by atoms with Gasteiger partial charge in [0.25, 0.3) is 0 Å². The van der Waals surface area contributed by atoms with Crippen molar-refractivity contribution in [3.8, 4) is 0 Å². The van der Waals surface area contributed by atoms with Crippen molar-refractivity contribution in [3.63, 3.8) is 0 Å². The van der Waals surface area contributed by atoms with Crippen LogP contribution in [0.4, 0.5) is 4.79 Å². The Bertz CT molecular complexity index is 395. The van der Waals surface area contributed by atoms with Crippen molar-refractivity contribution in [1.82, 2.24) is 4.90 Å². The van der Waals surface area contributed by atoms with Gasteiger partial charge in [0, 0.05) is 5.92 Å². The summed E-state index contributed by atoms with van der Waals surface area (Å²) in [5.41, 5.74) is -0.994. The van der Waals surface area contributed by atoms with E-state index >= 15 is 0 Å². The Morgan fingerprint density at radius 2 is 1.84 bits per heavy atom. The van der Waals surface area contributed by atoms with Crippen LogP contribution in [0.5, 0.6) is 0 Å². The van der Waals surface area contributed by atoms with E-state index in [1.807, 2.05) is 34.6 Å². The first-order valence-electron chi connectivity index (χ1n) is 7.21. The molecule has 2 atom stereocenters. The molecule has 0 bridgehead atoms. The number of nitrogens with zero attached hydrogens (tertiary/aromatic N) is 1. The van der Waals surface area contributed by atoms with Crippen molar-refractivity contribution in [2.75, 3.05) is 0 Å². The number of likely N-dealkylation sites (tertiary alicyclic amines) is 1. The van der Waals surface area contributed by atoms with E-state index in [0.717, 1.165) is 25.7 Å². The van der Waals surface area contributed by atoms with Crippen molar-refractivity contribution >= 4 is 12.0 Å². The first-order valence-corrected chi connectivity index (χ1v) is 7.21. The van der Waals surface area contributed by atoms with Crippen LogP contribution in [0.3, 0.4) is 0 Å². The lowest BCUT2D eigenvalue weighted by molar-refractivity contribution is -0.132. The van der Waals surface area contributed by atoms with E-state index in [9.17, 15) is 9.59 Å². The van der Waals surface area contributed by atoms with Crippen LogP contribution in [-0.4, -0.2) is 28.0 Å². The summed E-state index contributed by atoms with van der Waals surface area (Å²) >= 11 is 0. The van der Waals surface area contributed by atoms with Gasteiger partial charge in [0.05, 0.1) is 5.54 Å². The monoisotopic (exact) mass is 267 g/mol. The number of amides is 2. The van der Waals surface area contributed by atoms with Crippen LogP contribution < -0.4 is 0 Å². The van der Waals surface area contributed by atoms with E-state index in [2.05, 4.69) is 0 Å². The van der Waals surface area contributed by atoms with Crippen molar-refractivity contribution in [2.24, 2.45) is 11.8 Å². The highest BCUT2D eigenvalue weighted by molar-refractivity contribution is 5.96. The first-order chi connectivity index (χ1) is 8.64. The molecule has 19 heavy (non-hydrogen) atoms. The van der Waals surface area contributed by atoms with Crippen molar-refractivity contribution in [1.29, 1.82) is 0 Å². The number of hydrogen-bond donors (Lipinski definition) is 0. The van der Waals surface area contributed by atoms with E-state index in [1.165, 1.54) is 4.90 Å². The highest BCUT2D eigenvalue weighted by Gasteiger charge is 2.56. The zero-order chi connectivity index (χ0) is 14.4. The minimum absolute atomic E-state index is 0.0104. The van der Waals surface area contributed by atoms with Gasteiger partial charge in [-0.1, -0.05) is 12.8 Å². The lowest BCUT2D eigenvalue weighted by atomic mass is 9.73. The van der Waals surface area contributed by atoms with Crippen LogP contribution in [0.2, 0.25) is 0 Å². The summed E-state index contributed by atoms with van der Waals surface area (Å²) in [6, 6.07) is 0. The summed E-state index contributed by atoms with van der Waals surface area (Å²) in [5, 5.41) is 0. The second-order valence-corrected chi connectivity index (χ2v) is 7.31. The Morgan fingerprint density at radius 3 is 2.37 bits per heavy atom. The average molecular weight is 267 g/mol. The minimum Gasteiger partial charge on any atom is -0.443 e. The molecule has 1 aliphatic carbocycles. The molecule has 0 N–H and O–H groups in total. The Kier molecular flexibility index (Phi) is 3.40. The molecule has 1 heterocycles. The summed E-state index contributed by atoms with van der Waals surface area (Å²) in [6.45, 7) is 9.46. The zero-order valence-corrected chi connectivity index (χ0v) is 12.7. The second-order valence-electron chi connectivity index (χ2n) is 7.31. The molecule has 2 aliphatic rings. The number of imide groups is 1. The van der Waals surface area contributed by atoms with Gasteiger partial charge in [0.1, 0.15) is 5.60 Å². The molecule has 0 unspecified atom stereocenters. The summed E-state index contributed by atoms with van der Waals surface area (Å²) in [5.74, 6) is 0.251. The number of carbonyl (C=O) groups is 2. The van der Waals surface area contributed by atoms with Crippen LogP contribution in [0.15, 0.2) is 0 Å². The van der Waals surface area contributed by atoms with Gasteiger partial charge in [-0.05, 0) is 53.4 Å². The van der Waals surface area contributed by atoms with Crippen LogP contribution >= 0.6 is 0 Å². The molecular formula is C15H25NO3. The summed E-state index contributed by atoms with van der Waals surface area (Å²) in [4.78, 5) is 26.2. The Morgan fingerprint density at radius 1 is 1.26 bits per heavy atom. The predicted octanol–water partition coefficient (Wildman–Crippen LogP) is 3.35. The molecule has 2 amide bonds. The lowest BCUT2D eigenvalue weighted by Gasteiger charge is -2.36. The number of carbonyl (C=O) groups excluding carboxylic acids is 2. The maximum Gasteiger partial charge on any atom is 0.417 e. The lowest BCUT2D eigenvalue weighted by Crippen LogP contribution is -2.49. The molecule has 0 radical (unpaired) electrons. The molecule has 2 rings (SSSR count). The largest absolute Gasteiger partial charge is 0.443 e. The molecule has 0 aromatic carbocycles. The van der Waals surface area contributed by atoms with Gasteiger partial charge in [-0.2, -0.15) is 0 Å². The predicted molar refractivity (Wildman–Crippen MR) is 72.6 cm³/mol. The molecule has 4 heteroatoms. The third-order valence-electron chi connectivity index (χ3n) is 4.36. The van der Waals surface area contributed by atoms with Crippen LogP contribution in [0.25, 0.3) is 0 Å². The highest BCUT2D eigenvalue weighted by atomic mass is 16.6. The molecule has 4 nitrogen and oxygen atoms in total. The Hall–Kier alpha value is -1.06. The first kappa shape index (κ1) is 14.4. The van der Waals surface area contributed by atoms with Gasteiger partial charge in [-0.3, -0.25) is 4.79 Å². The molecule has 1 saturated carbocycles. The second kappa shape index (κ2) is 4.50. The van der Waals surface area contributed by atoms with Gasteiger partial charge in [0.15, 0.2) is 0 Å². The topological polar surface area (TPSA) is 46.6 Å². The number of fused-ring (bicyclic) bond motifs is 1. The van der Waals surface area contributed by atoms with E-state index in [1.54, 1.807) is 0 Å². The molecule has 108 valence electrons. The van der Waals surface area contributed by atoms with E-state index in [4.69, 9.17) is 4.74 Å². The fraction of sp³-hybridized carbons (Fsp3) is 0.867. The molecule has 0 aromatic heterocycles. The van der Waals surface area contributed by atoms with Crippen molar-refractivity contribution in [2.45, 2.75) is 71.4 Å². The van der Waals surface area contributed by atoms with E-state index < -0.39 is 17.2 Å².